The van der Waals surface area contributed by atoms with Crippen molar-refractivity contribution < 1.29 is 0 Å². The largest absolute Gasteiger partial charge is 0.348 e. The minimum absolute atomic E-state index is 0.611. The Balaban J connectivity index is 2.05. The first-order valence-corrected chi connectivity index (χ1v) is 6.89. The molecule has 0 saturated carbocycles. The van der Waals surface area contributed by atoms with Crippen LogP contribution in [0.3, 0.4) is 0 Å². The second-order valence-corrected chi connectivity index (χ2v) is 5.25. The summed E-state index contributed by atoms with van der Waals surface area (Å²) in [5, 5.41) is 3.47. The van der Waals surface area contributed by atoms with Gasteiger partial charge in [0.15, 0.2) is 5.13 Å². The lowest BCUT2D eigenvalue weighted by Crippen LogP contribution is -2.29. The Morgan fingerprint density at radius 3 is 2.80 bits per heavy atom. The summed E-state index contributed by atoms with van der Waals surface area (Å²) in [5.74, 6) is 0.611. The van der Waals surface area contributed by atoms with Crippen molar-refractivity contribution in [3.63, 3.8) is 0 Å². The van der Waals surface area contributed by atoms with Crippen LogP contribution in [0.25, 0.3) is 0 Å². The summed E-state index contributed by atoms with van der Waals surface area (Å²) in [6.45, 7) is 6.89. The van der Waals surface area contributed by atoms with Gasteiger partial charge in [0.1, 0.15) is 0 Å². The van der Waals surface area contributed by atoms with Crippen molar-refractivity contribution in [2.75, 3.05) is 18.0 Å². The second-order valence-electron chi connectivity index (χ2n) is 4.41. The standard InChI is InChI=1S/C12H20N2S/c1-3-10(2)11-9-15-12(13-11)14-7-5-4-6-8-14/h9-10H,3-8H2,1-2H3. The average Bonchev–Trinajstić information content (AvgIpc) is 2.78. The predicted octanol–water partition coefficient (Wildman–Crippen LogP) is 3.65. The Hall–Kier alpha value is -0.570. The average molecular weight is 224 g/mol. The van der Waals surface area contributed by atoms with E-state index in [-0.39, 0.29) is 0 Å². The summed E-state index contributed by atoms with van der Waals surface area (Å²) in [4.78, 5) is 7.19. The van der Waals surface area contributed by atoms with Crippen LogP contribution < -0.4 is 4.90 Å². The van der Waals surface area contributed by atoms with Crippen LogP contribution in [-0.4, -0.2) is 18.1 Å². The molecule has 0 radical (unpaired) electrons. The highest BCUT2D eigenvalue weighted by atomic mass is 32.1. The van der Waals surface area contributed by atoms with E-state index in [0.29, 0.717) is 5.92 Å². The monoisotopic (exact) mass is 224 g/mol. The highest BCUT2D eigenvalue weighted by Gasteiger charge is 2.15. The van der Waals surface area contributed by atoms with Crippen LogP contribution in [0.1, 0.15) is 51.1 Å². The first-order chi connectivity index (χ1) is 7.31. The smallest absolute Gasteiger partial charge is 0.185 e. The van der Waals surface area contributed by atoms with Gasteiger partial charge in [-0.25, -0.2) is 4.98 Å². The van der Waals surface area contributed by atoms with Gasteiger partial charge in [-0.2, -0.15) is 0 Å². The fourth-order valence-corrected chi connectivity index (χ4v) is 2.94. The second kappa shape index (κ2) is 4.97. The van der Waals surface area contributed by atoms with Crippen LogP contribution in [-0.2, 0) is 0 Å². The van der Waals surface area contributed by atoms with Crippen molar-refractivity contribution in [2.45, 2.75) is 45.4 Å². The molecule has 0 spiro atoms. The van der Waals surface area contributed by atoms with E-state index in [0.717, 1.165) is 0 Å². The van der Waals surface area contributed by atoms with E-state index in [1.807, 2.05) is 11.3 Å². The van der Waals surface area contributed by atoms with Crippen molar-refractivity contribution in [3.8, 4) is 0 Å². The fraction of sp³-hybridized carbons (Fsp3) is 0.750. The molecule has 1 aliphatic heterocycles. The molecule has 1 aliphatic rings. The summed E-state index contributed by atoms with van der Waals surface area (Å²) in [5.41, 5.74) is 1.28. The first-order valence-electron chi connectivity index (χ1n) is 6.01. The Labute approximate surface area is 96.3 Å². The van der Waals surface area contributed by atoms with Gasteiger partial charge >= 0.3 is 0 Å². The SMILES string of the molecule is CCC(C)c1csc(N2CCCCC2)n1. The summed E-state index contributed by atoms with van der Waals surface area (Å²) < 4.78 is 0. The van der Waals surface area contributed by atoms with Gasteiger partial charge in [0, 0.05) is 18.5 Å². The summed E-state index contributed by atoms with van der Waals surface area (Å²) >= 11 is 1.81. The Morgan fingerprint density at radius 1 is 1.40 bits per heavy atom. The van der Waals surface area contributed by atoms with Crippen molar-refractivity contribution in [3.05, 3.63) is 11.1 Å². The highest BCUT2D eigenvalue weighted by molar-refractivity contribution is 7.13. The molecule has 0 N–H and O–H groups in total. The van der Waals surface area contributed by atoms with Gasteiger partial charge in [0.2, 0.25) is 0 Å². The maximum Gasteiger partial charge on any atom is 0.185 e. The zero-order chi connectivity index (χ0) is 10.7. The highest BCUT2D eigenvalue weighted by Crippen LogP contribution is 2.28. The number of aromatic nitrogens is 1. The molecule has 0 aliphatic carbocycles. The number of piperidine rings is 1. The third-order valence-electron chi connectivity index (χ3n) is 3.25. The lowest BCUT2D eigenvalue weighted by molar-refractivity contribution is 0.575. The molecule has 15 heavy (non-hydrogen) atoms. The molecule has 1 saturated heterocycles. The van der Waals surface area contributed by atoms with Crippen molar-refractivity contribution >= 4 is 16.5 Å². The van der Waals surface area contributed by atoms with Crippen LogP contribution in [0, 0.1) is 0 Å². The van der Waals surface area contributed by atoms with Crippen LogP contribution >= 0.6 is 11.3 Å². The van der Waals surface area contributed by atoms with E-state index in [4.69, 9.17) is 4.98 Å². The van der Waals surface area contributed by atoms with Crippen LogP contribution in [0.5, 0.6) is 0 Å². The number of thiazole rings is 1. The van der Waals surface area contributed by atoms with Crippen LogP contribution in [0.2, 0.25) is 0 Å². The minimum atomic E-state index is 0.611. The molecule has 1 fully saturated rings. The van der Waals surface area contributed by atoms with Gasteiger partial charge in [-0.15, -0.1) is 11.3 Å². The Kier molecular flexibility index (Phi) is 3.62. The Bertz CT molecular complexity index is 302. The maximum absolute atomic E-state index is 4.75. The number of hydrogen-bond acceptors (Lipinski definition) is 3. The van der Waals surface area contributed by atoms with E-state index < -0.39 is 0 Å². The molecule has 2 rings (SSSR count). The number of hydrogen-bond donors (Lipinski definition) is 0. The van der Waals surface area contributed by atoms with E-state index in [2.05, 4.69) is 24.1 Å². The van der Waals surface area contributed by atoms with Crippen molar-refractivity contribution in [1.82, 2.24) is 4.98 Å². The van der Waals surface area contributed by atoms with Crippen LogP contribution in [0.4, 0.5) is 5.13 Å². The summed E-state index contributed by atoms with van der Waals surface area (Å²) in [6, 6.07) is 0. The normalized spacial score (nSPS) is 19.2. The molecular formula is C12H20N2S. The summed E-state index contributed by atoms with van der Waals surface area (Å²) in [6.07, 6.45) is 5.24. The number of anilines is 1. The van der Waals surface area contributed by atoms with Gasteiger partial charge in [-0.3, -0.25) is 0 Å². The lowest BCUT2D eigenvalue weighted by Gasteiger charge is -2.25. The molecule has 0 bridgehead atoms. The molecule has 1 unspecified atom stereocenters. The zero-order valence-electron chi connectivity index (χ0n) is 9.70. The molecule has 1 aromatic heterocycles. The van der Waals surface area contributed by atoms with Crippen LogP contribution in [0.15, 0.2) is 5.38 Å². The van der Waals surface area contributed by atoms with E-state index in [9.17, 15) is 0 Å². The third-order valence-corrected chi connectivity index (χ3v) is 4.17. The molecule has 3 heteroatoms. The summed E-state index contributed by atoms with van der Waals surface area (Å²) in [7, 11) is 0. The lowest BCUT2D eigenvalue weighted by atomic mass is 10.1. The van der Waals surface area contributed by atoms with Gasteiger partial charge in [0.05, 0.1) is 5.69 Å². The maximum atomic E-state index is 4.75. The van der Waals surface area contributed by atoms with Crippen molar-refractivity contribution in [1.29, 1.82) is 0 Å². The predicted molar refractivity (Wildman–Crippen MR) is 66.9 cm³/mol. The number of rotatable bonds is 3. The van der Waals surface area contributed by atoms with Crippen molar-refractivity contribution in [2.24, 2.45) is 0 Å². The third kappa shape index (κ3) is 2.51. The Morgan fingerprint density at radius 2 is 2.13 bits per heavy atom. The van der Waals surface area contributed by atoms with E-state index in [1.165, 1.54) is 49.6 Å². The first kappa shape index (κ1) is 10.9. The van der Waals surface area contributed by atoms with Gasteiger partial charge in [-0.1, -0.05) is 13.8 Å². The molecule has 0 amide bonds. The topological polar surface area (TPSA) is 16.1 Å². The molecule has 2 heterocycles. The quantitative estimate of drug-likeness (QED) is 0.779. The van der Waals surface area contributed by atoms with Gasteiger partial charge in [-0.05, 0) is 31.6 Å². The van der Waals surface area contributed by atoms with E-state index >= 15 is 0 Å². The van der Waals surface area contributed by atoms with Gasteiger partial charge < -0.3 is 4.90 Å². The fourth-order valence-electron chi connectivity index (χ4n) is 1.94. The molecule has 84 valence electrons. The van der Waals surface area contributed by atoms with E-state index in [1.54, 1.807) is 0 Å². The zero-order valence-corrected chi connectivity index (χ0v) is 10.5. The number of nitrogens with zero attached hydrogens (tertiary/aromatic N) is 2. The minimum Gasteiger partial charge on any atom is -0.348 e. The molecular weight excluding hydrogens is 204 g/mol. The van der Waals surface area contributed by atoms with Gasteiger partial charge in [0.25, 0.3) is 0 Å². The molecule has 2 nitrogen and oxygen atoms in total. The molecule has 1 atom stereocenters. The molecule has 0 aromatic carbocycles. The molecule has 1 aromatic rings.